The minimum Gasteiger partial charge on any atom is -0.450 e. The molecule has 0 saturated heterocycles. The van der Waals surface area contributed by atoms with E-state index >= 15 is 0 Å². The fourth-order valence-electron chi connectivity index (χ4n) is 3.03. The highest BCUT2D eigenvalue weighted by atomic mass is 16.5. The van der Waals surface area contributed by atoms with Gasteiger partial charge in [-0.1, -0.05) is 19.9 Å². The third-order valence-electron chi connectivity index (χ3n) is 4.43. The lowest BCUT2D eigenvalue weighted by Gasteiger charge is -2.21. The van der Waals surface area contributed by atoms with Gasteiger partial charge in [-0.05, 0) is 37.5 Å². The van der Waals surface area contributed by atoms with Crippen molar-refractivity contribution in [2.45, 2.75) is 46.2 Å². The number of aryl methyl sites for hydroxylation is 1. The highest BCUT2D eigenvalue weighted by Gasteiger charge is 2.16. The summed E-state index contributed by atoms with van der Waals surface area (Å²) in [4.78, 5) is 40.4. The van der Waals surface area contributed by atoms with Crippen molar-refractivity contribution in [3.8, 4) is 0 Å². The van der Waals surface area contributed by atoms with Crippen molar-refractivity contribution < 1.29 is 19.1 Å². The lowest BCUT2D eigenvalue weighted by atomic mass is 10.0. The first-order valence-corrected chi connectivity index (χ1v) is 10.4. The second kappa shape index (κ2) is 12.4. The number of hydrogen-bond acceptors (Lipinski definition) is 5. The zero-order valence-electron chi connectivity index (χ0n) is 18.3. The Morgan fingerprint density at radius 3 is 2.71 bits per heavy atom. The second-order valence-corrected chi connectivity index (χ2v) is 7.58. The SMILES string of the molecule is CCOC(=O)NC(CNC(=O)c1cccc(NC(=O)CCn2ccnc2)c1)CC(C)C. The smallest absolute Gasteiger partial charge is 0.407 e. The van der Waals surface area contributed by atoms with Gasteiger partial charge in [-0.3, -0.25) is 9.59 Å². The van der Waals surface area contributed by atoms with Gasteiger partial charge in [-0.15, -0.1) is 0 Å². The molecule has 168 valence electrons. The molecule has 1 aromatic carbocycles. The van der Waals surface area contributed by atoms with E-state index in [1.807, 2.05) is 18.4 Å². The van der Waals surface area contributed by atoms with Crippen molar-refractivity contribution in [1.29, 1.82) is 0 Å². The largest absolute Gasteiger partial charge is 0.450 e. The molecule has 3 amide bonds. The molecule has 0 aliphatic heterocycles. The molecule has 0 aliphatic rings. The van der Waals surface area contributed by atoms with Gasteiger partial charge in [0.2, 0.25) is 5.91 Å². The summed E-state index contributed by atoms with van der Waals surface area (Å²) in [5.41, 5.74) is 0.971. The van der Waals surface area contributed by atoms with Gasteiger partial charge in [0.25, 0.3) is 5.91 Å². The van der Waals surface area contributed by atoms with Crippen LogP contribution in [0.15, 0.2) is 43.0 Å². The first-order chi connectivity index (χ1) is 14.9. The maximum absolute atomic E-state index is 12.6. The van der Waals surface area contributed by atoms with Crippen LogP contribution in [0.2, 0.25) is 0 Å². The topological polar surface area (TPSA) is 114 Å². The first-order valence-electron chi connectivity index (χ1n) is 10.4. The number of hydrogen-bond donors (Lipinski definition) is 3. The quantitative estimate of drug-likeness (QED) is 0.508. The van der Waals surface area contributed by atoms with Crippen molar-refractivity contribution in [1.82, 2.24) is 20.2 Å². The normalized spacial score (nSPS) is 11.6. The van der Waals surface area contributed by atoms with Gasteiger partial charge in [0.05, 0.1) is 12.9 Å². The maximum atomic E-state index is 12.6. The lowest BCUT2D eigenvalue weighted by molar-refractivity contribution is -0.116. The Kier molecular flexibility index (Phi) is 9.54. The number of carbonyl (C=O) groups is 3. The van der Waals surface area contributed by atoms with Crippen LogP contribution in [0.3, 0.4) is 0 Å². The van der Waals surface area contributed by atoms with Crippen LogP contribution in [0.1, 0.15) is 44.0 Å². The minimum atomic E-state index is -0.497. The molecule has 0 fully saturated rings. The Morgan fingerprint density at radius 1 is 1.23 bits per heavy atom. The Balaban J connectivity index is 1.88. The molecule has 9 nitrogen and oxygen atoms in total. The molecule has 0 spiro atoms. The third kappa shape index (κ3) is 8.90. The highest BCUT2D eigenvalue weighted by Crippen LogP contribution is 2.12. The fourth-order valence-corrected chi connectivity index (χ4v) is 3.03. The zero-order valence-corrected chi connectivity index (χ0v) is 18.3. The molecular formula is C22H31N5O4. The molecule has 3 N–H and O–H groups in total. The highest BCUT2D eigenvalue weighted by molar-refractivity contribution is 5.97. The molecule has 0 bridgehead atoms. The van der Waals surface area contributed by atoms with Crippen molar-refractivity contribution in [2.75, 3.05) is 18.5 Å². The van der Waals surface area contributed by atoms with Crippen LogP contribution in [-0.2, 0) is 16.1 Å². The molecule has 2 aromatic rings. The summed E-state index contributed by atoms with van der Waals surface area (Å²) in [5, 5.41) is 8.43. The lowest BCUT2D eigenvalue weighted by Crippen LogP contribution is -2.44. The molecule has 1 heterocycles. The molecule has 2 rings (SSSR count). The zero-order chi connectivity index (χ0) is 22.6. The number of alkyl carbamates (subject to hydrolysis) is 1. The number of nitrogens with one attached hydrogen (secondary N) is 3. The van der Waals surface area contributed by atoms with E-state index < -0.39 is 6.09 Å². The number of rotatable bonds is 11. The van der Waals surface area contributed by atoms with E-state index in [1.165, 1.54) is 0 Å². The van der Waals surface area contributed by atoms with Gasteiger partial charge in [-0.2, -0.15) is 0 Å². The van der Waals surface area contributed by atoms with Gasteiger partial charge < -0.3 is 25.3 Å². The molecule has 1 unspecified atom stereocenters. The molecule has 0 saturated carbocycles. The van der Waals surface area contributed by atoms with Gasteiger partial charge in [0, 0.05) is 49.2 Å². The Morgan fingerprint density at radius 2 is 2.03 bits per heavy atom. The van der Waals surface area contributed by atoms with Crippen LogP contribution < -0.4 is 16.0 Å². The van der Waals surface area contributed by atoms with Crippen LogP contribution in [0, 0.1) is 5.92 Å². The summed E-state index contributed by atoms with van der Waals surface area (Å²) < 4.78 is 6.75. The Hall–Kier alpha value is -3.36. The number of anilines is 1. The monoisotopic (exact) mass is 429 g/mol. The number of nitrogens with zero attached hydrogens (tertiary/aromatic N) is 2. The van der Waals surface area contributed by atoms with E-state index in [0.717, 1.165) is 0 Å². The summed E-state index contributed by atoms with van der Waals surface area (Å²) >= 11 is 0. The fraction of sp³-hybridized carbons (Fsp3) is 0.455. The summed E-state index contributed by atoms with van der Waals surface area (Å²) in [7, 11) is 0. The molecule has 31 heavy (non-hydrogen) atoms. The summed E-state index contributed by atoms with van der Waals surface area (Å²) in [6.07, 6.45) is 5.61. The molecular weight excluding hydrogens is 398 g/mol. The molecule has 0 radical (unpaired) electrons. The van der Waals surface area contributed by atoms with E-state index in [1.54, 1.807) is 49.9 Å². The average molecular weight is 430 g/mol. The summed E-state index contributed by atoms with van der Waals surface area (Å²) in [5.74, 6) is -0.0967. The van der Waals surface area contributed by atoms with Gasteiger partial charge in [-0.25, -0.2) is 9.78 Å². The average Bonchev–Trinajstić information content (AvgIpc) is 3.24. The van der Waals surface area contributed by atoms with Gasteiger partial charge in [0.1, 0.15) is 0 Å². The standard InChI is InChI=1S/C22H31N5O4/c1-4-31-22(30)26-19(12-16(2)3)14-24-21(29)17-6-5-7-18(13-17)25-20(28)8-10-27-11-9-23-15-27/h5-7,9,11,13,15-16,19H,4,8,10,12,14H2,1-3H3,(H,24,29)(H,25,28)(H,26,30). The van der Waals surface area contributed by atoms with Crippen LogP contribution in [0.4, 0.5) is 10.5 Å². The van der Waals surface area contributed by atoms with E-state index in [0.29, 0.717) is 36.6 Å². The first kappa shape index (κ1) is 23.9. The van der Waals surface area contributed by atoms with Gasteiger partial charge >= 0.3 is 6.09 Å². The van der Waals surface area contributed by atoms with E-state index in [2.05, 4.69) is 20.9 Å². The second-order valence-electron chi connectivity index (χ2n) is 7.58. The van der Waals surface area contributed by atoms with E-state index in [-0.39, 0.29) is 31.0 Å². The molecule has 1 atom stereocenters. The van der Waals surface area contributed by atoms with E-state index in [4.69, 9.17) is 4.74 Å². The van der Waals surface area contributed by atoms with Crippen LogP contribution in [-0.4, -0.2) is 46.7 Å². The van der Waals surface area contributed by atoms with Crippen molar-refractivity contribution in [3.05, 3.63) is 48.5 Å². The summed E-state index contributed by atoms with van der Waals surface area (Å²) in [6.45, 7) is 6.91. The predicted molar refractivity (Wildman–Crippen MR) is 118 cm³/mol. The number of imidazole rings is 1. The van der Waals surface area contributed by atoms with Gasteiger partial charge in [0.15, 0.2) is 0 Å². The Labute approximate surface area is 182 Å². The molecule has 1 aromatic heterocycles. The van der Waals surface area contributed by atoms with Crippen LogP contribution in [0.5, 0.6) is 0 Å². The predicted octanol–water partition coefficient (Wildman–Crippen LogP) is 2.80. The number of ether oxygens (including phenoxy) is 1. The maximum Gasteiger partial charge on any atom is 0.407 e. The van der Waals surface area contributed by atoms with Crippen molar-refractivity contribution in [3.63, 3.8) is 0 Å². The summed E-state index contributed by atoms with van der Waals surface area (Å²) in [6, 6.07) is 6.50. The third-order valence-corrected chi connectivity index (χ3v) is 4.43. The minimum absolute atomic E-state index is 0.151. The number of aromatic nitrogens is 2. The Bertz CT molecular complexity index is 851. The van der Waals surface area contributed by atoms with Crippen molar-refractivity contribution in [2.24, 2.45) is 5.92 Å². The molecule has 9 heteroatoms. The van der Waals surface area contributed by atoms with Crippen molar-refractivity contribution >= 4 is 23.6 Å². The number of carbonyl (C=O) groups excluding carboxylic acids is 3. The van der Waals surface area contributed by atoms with Crippen LogP contribution >= 0.6 is 0 Å². The van der Waals surface area contributed by atoms with E-state index in [9.17, 15) is 14.4 Å². The number of benzene rings is 1. The molecule has 0 aliphatic carbocycles. The number of amides is 3. The van der Waals surface area contributed by atoms with Crippen LogP contribution in [0.25, 0.3) is 0 Å².